The topological polar surface area (TPSA) is 46.5 Å². The first-order valence-corrected chi connectivity index (χ1v) is 3.81. The number of hydrogen-bond acceptors (Lipinski definition) is 3. The van der Waals surface area contributed by atoms with Crippen LogP contribution >= 0.6 is 12.2 Å². The van der Waals surface area contributed by atoms with Crippen molar-refractivity contribution < 1.29 is 0 Å². The lowest BCUT2D eigenvalue weighted by atomic mass is 10.4. The highest BCUT2D eigenvalue weighted by atomic mass is 32.1. The van der Waals surface area contributed by atoms with Crippen molar-refractivity contribution in [1.82, 2.24) is 19.7 Å². The van der Waals surface area contributed by atoms with Crippen molar-refractivity contribution >= 4 is 12.2 Å². The molecule has 0 fully saturated rings. The van der Waals surface area contributed by atoms with E-state index in [0.29, 0.717) is 4.77 Å². The molecule has 5 heteroatoms. The second-order valence-electron chi connectivity index (χ2n) is 2.24. The fourth-order valence-corrected chi connectivity index (χ4v) is 1.14. The van der Waals surface area contributed by atoms with Crippen molar-refractivity contribution in [3.8, 4) is 5.69 Å². The molecule has 0 spiro atoms. The maximum atomic E-state index is 4.99. The summed E-state index contributed by atoms with van der Waals surface area (Å²) in [6, 6.07) is 3.73. The fourth-order valence-electron chi connectivity index (χ4n) is 0.937. The van der Waals surface area contributed by atoms with Crippen LogP contribution < -0.4 is 0 Å². The first-order valence-electron chi connectivity index (χ1n) is 3.40. The molecule has 0 saturated carbocycles. The number of hydrogen-bond donors (Lipinski definition) is 1. The van der Waals surface area contributed by atoms with Crippen LogP contribution in [0.1, 0.15) is 0 Å². The Labute approximate surface area is 73.9 Å². The van der Waals surface area contributed by atoms with Crippen LogP contribution in [0.25, 0.3) is 5.69 Å². The Balaban J connectivity index is 2.59. The van der Waals surface area contributed by atoms with Crippen molar-refractivity contribution in [1.29, 1.82) is 0 Å². The summed E-state index contributed by atoms with van der Waals surface area (Å²) in [7, 11) is 0. The third kappa shape index (κ3) is 1.14. The third-order valence-corrected chi connectivity index (χ3v) is 1.78. The zero-order chi connectivity index (χ0) is 8.39. The zero-order valence-corrected chi connectivity index (χ0v) is 6.95. The summed E-state index contributed by atoms with van der Waals surface area (Å²) >= 11 is 4.99. The second-order valence-corrected chi connectivity index (χ2v) is 2.62. The van der Waals surface area contributed by atoms with Gasteiger partial charge in [0.1, 0.15) is 6.33 Å². The summed E-state index contributed by atoms with van der Waals surface area (Å²) in [5, 5.41) is 6.49. The molecule has 4 nitrogen and oxygen atoms in total. The number of nitrogens with one attached hydrogen (secondary N) is 1. The summed E-state index contributed by atoms with van der Waals surface area (Å²) < 4.78 is 2.36. The Kier molecular flexibility index (Phi) is 1.71. The Morgan fingerprint density at radius 1 is 1.33 bits per heavy atom. The number of pyridine rings is 1. The highest BCUT2D eigenvalue weighted by Crippen LogP contribution is 2.03. The average Bonchev–Trinajstić information content (AvgIpc) is 2.53. The van der Waals surface area contributed by atoms with Crippen LogP contribution in [0, 0.1) is 4.77 Å². The lowest BCUT2D eigenvalue weighted by Gasteiger charge is -1.97. The van der Waals surface area contributed by atoms with Gasteiger partial charge in [0.25, 0.3) is 0 Å². The Hall–Kier alpha value is -1.49. The molecule has 0 aliphatic carbocycles. The lowest BCUT2D eigenvalue weighted by Crippen LogP contribution is -1.91. The summed E-state index contributed by atoms with van der Waals surface area (Å²) in [6.07, 6.45) is 5.06. The van der Waals surface area contributed by atoms with Gasteiger partial charge in [-0.2, -0.15) is 5.10 Å². The van der Waals surface area contributed by atoms with E-state index in [1.807, 2.05) is 12.1 Å². The maximum Gasteiger partial charge on any atom is 0.199 e. The number of H-pyrrole nitrogens is 1. The minimum atomic E-state index is 0.584. The predicted octanol–water partition coefficient (Wildman–Crippen LogP) is 1.32. The molecule has 2 aromatic heterocycles. The molecule has 0 atom stereocenters. The fraction of sp³-hybridized carbons (Fsp3) is 0. The molecule has 0 bridgehead atoms. The molecule has 2 aromatic rings. The van der Waals surface area contributed by atoms with Crippen molar-refractivity contribution in [3.05, 3.63) is 35.6 Å². The SMILES string of the molecule is S=c1[nH]ncn1-c1ccncc1. The van der Waals surface area contributed by atoms with E-state index in [2.05, 4.69) is 15.2 Å². The minimum Gasteiger partial charge on any atom is -0.275 e. The molecule has 0 aliphatic heterocycles. The standard InChI is InChI=1S/C7H6N4S/c12-7-10-9-5-11(7)6-1-3-8-4-2-6/h1-5H,(H,10,12). The van der Waals surface area contributed by atoms with E-state index in [1.54, 1.807) is 23.3 Å². The summed E-state index contributed by atoms with van der Waals surface area (Å²) in [5.41, 5.74) is 0.962. The molecule has 60 valence electrons. The Bertz CT molecular complexity index is 416. The molecule has 1 N–H and O–H groups in total. The molecule has 0 unspecified atom stereocenters. The van der Waals surface area contributed by atoms with Gasteiger partial charge in [-0.1, -0.05) is 0 Å². The van der Waals surface area contributed by atoms with Gasteiger partial charge >= 0.3 is 0 Å². The first kappa shape index (κ1) is 7.17. The predicted molar refractivity (Wildman–Crippen MR) is 46.5 cm³/mol. The van der Waals surface area contributed by atoms with E-state index in [1.165, 1.54) is 0 Å². The molecule has 0 saturated heterocycles. The number of nitrogens with zero attached hydrogens (tertiary/aromatic N) is 3. The van der Waals surface area contributed by atoms with Crippen molar-refractivity contribution in [2.75, 3.05) is 0 Å². The largest absolute Gasteiger partial charge is 0.275 e. The van der Waals surface area contributed by atoms with E-state index in [-0.39, 0.29) is 0 Å². The second kappa shape index (κ2) is 2.86. The van der Waals surface area contributed by atoms with E-state index in [4.69, 9.17) is 12.2 Å². The van der Waals surface area contributed by atoms with Crippen LogP contribution in [0.5, 0.6) is 0 Å². The molecular weight excluding hydrogens is 172 g/mol. The van der Waals surface area contributed by atoms with Gasteiger partial charge in [-0.25, -0.2) is 0 Å². The average molecular weight is 178 g/mol. The number of aromatic nitrogens is 4. The van der Waals surface area contributed by atoms with E-state index in [0.717, 1.165) is 5.69 Å². The van der Waals surface area contributed by atoms with Crippen molar-refractivity contribution in [2.24, 2.45) is 0 Å². The molecule has 2 heterocycles. The molecule has 0 radical (unpaired) electrons. The van der Waals surface area contributed by atoms with E-state index < -0.39 is 0 Å². The monoisotopic (exact) mass is 178 g/mol. The first-order chi connectivity index (χ1) is 5.88. The Morgan fingerprint density at radius 2 is 2.08 bits per heavy atom. The molecule has 0 aromatic carbocycles. The van der Waals surface area contributed by atoms with Gasteiger partial charge in [0.05, 0.1) is 5.69 Å². The third-order valence-electron chi connectivity index (χ3n) is 1.49. The van der Waals surface area contributed by atoms with E-state index in [9.17, 15) is 0 Å². The highest BCUT2D eigenvalue weighted by Gasteiger charge is 1.95. The van der Waals surface area contributed by atoms with Gasteiger partial charge in [0.15, 0.2) is 4.77 Å². The molecular formula is C7H6N4S. The summed E-state index contributed by atoms with van der Waals surface area (Å²) in [5.74, 6) is 0. The minimum absolute atomic E-state index is 0.584. The van der Waals surface area contributed by atoms with Crippen LogP contribution in [0.3, 0.4) is 0 Å². The normalized spacial score (nSPS) is 10.0. The van der Waals surface area contributed by atoms with Crippen LogP contribution in [-0.2, 0) is 0 Å². The quantitative estimate of drug-likeness (QED) is 0.670. The van der Waals surface area contributed by atoms with Crippen LogP contribution in [-0.4, -0.2) is 19.7 Å². The van der Waals surface area contributed by atoms with E-state index >= 15 is 0 Å². The van der Waals surface area contributed by atoms with Crippen molar-refractivity contribution in [2.45, 2.75) is 0 Å². The molecule has 0 aliphatic rings. The van der Waals surface area contributed by atoms with Crippen molar-refractivity contribution in [3.63, 3.8) is 0 Å². The lowest BCUT2D eigenvalue weighted by molar-refractivity contribution is 1.02. The summed E-state index contributed by atoms with van der Waals surface area (Å²) in [4.78, 5) is 3.91. The van der Waals surface area contributed by atoms with Crippen LogP contribution in [0.4, 0.5) is 0 Å². The van der Waals surface area contributed by atoms with Gasteiger partial charge in [0, 0.05) is 12.4 Å². The van der Waals surface area contributed by atoms with Gasteiger partial charge in [-0.15, -0.1) is 0 Å². The van der Waals surface area contributed by atoms with Crippen LogP contribution in [0.2, 0.25) is 0 Å². The zero-order valence-electron chi connectivity index (χ0n) is 6.14. The van der Waals surface area contributed by atoms with Crippen LogP contribution in [0.15, 0.2) is 30.9 Å². The Morgan fingerprint density at radius 3 is 2.67 bits per heavy atom. The number of aromatic amines is 1. The van der Waals surface area contributed by atoms with Gasteiger partial charge in [-0.05, 0) is 24.4 Å². The smallest absolute Gasteiger partial charge is 0.199 e. The maximum absolute atomic E-state index is 4.99. The van der Waals surface area contributed by atoms with Gasteiger partial charge < -0.3 is 0 Å². The van der Waals surface area contributed by atoms with Gasteiger partial charge in [0.2, 0.25) is 0 Å². The highest BCUT2D eigenvalue weighted by molar-refractivity contribution is 7.71. The number of rotatable bonds is 1. The summed E-state index contributed by atoms with van der Waals surface area (Å²) in [6.45, 7) is 0. The molecule has 12 heavy (non-hydrogen) atoms. The van der Waals surface area contributed by atoms with Gasteiger partial charge in [-0.3, -0.25) is 14.6 Å². The molecule has 2 rings (SSSR count). The molecule has 0 amide bonds.